The van der Waals surface area contributed by atoms with Gasteiger partial charge in [-0.05, 0) is 24.8 Å². The fraction of sp³-hybridized carbons (Fsp3) is 0.529. The zero-order valence-electron chi connectivity index (χ0n) is 13.3. The first-order valence-electron chi connectivity index (χ1n) is 7.81. The number of aliphatic hydroxyl groups excluding tert-OH is 1. The quantitative estimate of drug-likeness (QED) is 0.839. The molecule has 0 aromatic heterocycles. The summed E-state index contributed by atoms with van der Waals surface area (Å²) in [7, 11) is 1.35. The molecule has 1 fully saturated rings. The topological polar surface area (TPSA) is 76.1 Å². The van der Waals surface area contributed by atoms with Crippen LogP contribution in [0, 0.1) is 5.92 Å². The molecule has 0 aliphatic carbocycles. The molecule has 0 radical (unpaired) electrons. The Morgan fingerprint density at radius 3 is 2.65 bits per heavy atom. The smallest absolute Gasteiger partial charge is 0.410 e. The van der Waals surface area contributed by atoms with E-state index in [2.05, 4.69) is 0 Å². The number of benzene rings is 1. The molecule has 6 nitrogen and oxygen atoms in total. The third kappa shape index (κ3) is 4.69. The summed E-state index contributed by atoms with van der Waals surface area (Å²) in [6.45, 7) is 0.450. The number of aliphatic hydroxyl groups is 1. The van der Waals surface area contributed by atoms with Crippen LogP contribution in [0.3, 0.4) is 0 Å². The monoisotopic (exact) mass is 321 g/mol. The number of methoxy groups -OCH3 is 1. The van der Waals surface area contributed by atoms with Crippen molar-refractivity contribution in [1.29, 1.82) is 0 Å². The molecule has 126 valence electrons. The second-order valence-electron chi connectivity index (χ2n) is 5.66. The molecule has 1 aromatic carbocycles. The second-order valence-corrected chi connectivity index (χ2v) is 5.66. The molecule has 2 atom stereocenters. The molecule has 1 amide bonds. The van der Waals surface area contributed by atoms with E-state index in [0.29, 0.717) is 19.3 Å². The Bertz CT molecular complexity index is 519. The van der Waals surface area contributed by atoms with Gasteiger partial charge in [0.2, 0.25) is 0 Å². The van der Waals surface area contributed by atoms with Crippen LogP contribution in [0.1, 0.15) is 24.8 Å². The maximum atomic E-state index is 12.4. The molecule has 2 rings (SSSR count). The van der Waals surface area contributed by atoms with Crippen molar-refractivity contribution in [2.45, 2.75) is 31.9 Å². The summed E-state index contributed by atoms with van der Waals surface area (Å²) in [4.78, 5) is 25.7. The highest BCUT2D eigenvalue weighted by molar-refractivity contribution is 5.75. The first kappa shape index (κ1) is 17.3. The van der Waals surface area contributed by atoms with E-state index >= 15 is 0 Å². The summed E-state index contributed by atoms with van der Waals surface area (Å²) in [6.07, 6.45) is 1.33. The highest BCUT2D eigenvalue weighted by atomic mass is 16.6. The molecule has 1 saturated heterocycles. The number of carbonyl (C=O) groups is 2. The number of hydrogen-bond acceptors (Lipinski definition) is 5. The maximum Gasteiger partial charge on any atom is 0.410 e. The van der Waals surface area contributed by atoms with Gasteiger partial charge in [-0.3, -0.25) is 4.79 Å². The predicted octanol–water partition coefficient (Wildman–Crippen LogP) is 1.96. The molecule has 1 N–H and O–H groups in total. The summed E-state index contributed by atoms with van der Waals surface area (Å²) in [5, 5.41) is 9.18. The minimum absolute atomic E-state index is 0.00395. The molecule has 0 unspecified atom stereocenters. The summed E-state index contributed by atoms with van der Waals surface area (Å²) in [5.41, 5.74) is 0.904. The molecule has 1 aromatic rings. The van der Waals surface area contributed by atoms with Gasteiger partial charge in [0.1, 0.15) is 6.61 Å². The lowest BCUT2D eigenvalue weighted by molar-refractivity contribution is -0.147. The van der Waals surface area contributed by atoms with Gasteiger partial charge in [-0.15, -0.1) is 0 Å². The van der Waals surface area contributed by atoms with Crippen LogP contribution in [0.4, 0.5) is 4.79 Å². The van der Waals surface area contributed by atoms with Gasteiger partial charge in [-0.25, -0.2) is 4.79 Å². The van der Waals surface area contributed by atoms with E-state index in [0.717, 1.165) is 5.56 Å². The number of amides is 1. The number of nitrogens with zero attached hydrogens (tertiary/aromatic N) is 1. The van der Waals surface area contributed by atoms with Gasteiger partial charge in [-0.1, -0.05) is 30.3 Å². The van der Waals surface area contributed by atoms with Gasteiger partial charge in [0, 0.05) is 19.2 Å². The summed E-state index contributed by atoms with van der Waals surface area (Å²) < 4.78 is 10.1. The molecule has 6 heteroatoms. The minimum Gasteiger partial charge on any atom is -0.469 e. The first-order chi connectivity index (χ1) is 11.2. The van der Waals surface area contributed by atoms with E-state index in [-0.39, 0.29) is 37.7 Å². The molecule has 1 aliphatic rings. The SMILES string of the molecule is COC(=O)[C@@H]1CC[C@@H](CCO)N(C(=O)OCc2ccccc2)C1. The van der Waals surface area contributed by atoms with Crippen molar-refractivity contribution < 1.29 is 24.2 Å². The normalized spacial score (nSPS) is 20.9. The van der Waals surface area contributed by atoms with Crippen LogP contribution in [0.5, 0.6) is 0 Å². The molecule has 1 heterocycles. The van der Waals surface area contributed by atoms with Gasteiger partial charge in [0.25, 0.3) is 0 Å². The summed E-state index contributed by atoms with van der Waals surface area (Å²) in [6, 6.07) is 9.31. The van der Waals surface area contributed by atoms with Crippen molar-refractivity contribution in [2.75, 3.05) is 20.3 Å². The predicted molar refractivity (Wildman–Crippen MR) is 83.6 cm³/mol. The summed E-state index contributed by atoms with van der Waals surface area (Å²) in [5.74, 6) is -0.646. The van der Waals surface area contributed by atoms with Crippen LogP contribution in [-0.4, -0.2) is 48.4 Å². The van der Waals surface area contributed by atoms with Gasteiger partial charge in [0.05, 0.1) is 13.0 Å². The van der Waals surface area contributed by atoms with E-state index in [1.165, 1.54) is 7.11 Å². The fourth-order valence-corrected chi connectivity index (χ4v) is 2.86. The molecular formula is C17H23NO5. The third-order valence-corrected chi connectivity index (χ3v) is 4.14. The molecule has 1 aliphatic heterocycles. The number of piperidine rings is 1. The van der Waals surface area contributed by atoms with Crippen LogP contribution in [0.15, 0.2) is 30.3 Å². The third-order valence-electron chi connectivity index (χ3n) is 4.14. The Balaban J connectivity index is 1.98. The van der Waals surface area contributed by atoms with Crippen molar-refractivity contribution in [2.24, 2.45) is 5.92 Å². The molecular weight excluding hydrogens is 298 g/mol. The number of carbonyl (C=O) groups excluding carboxylic acids is 2. The van der Waals surface area contributed by atoms with Crippen LogP contribution in [0.2, 0.25) is 0 Å². The van der Waals surface area contributed by atoms with Crippen molar-refractivity contribution in [1.82, 2.24) is 4.90 Å². The maximum absolute atomic E-state index is 12.4. The number of hydrogen-bond donors (Lipinski definition) is 1. The Morgan fingerprint density at radius 1 is 1.26 bits per heavy atom. The lowest BCUT2D eigenvalue weighted by Crippen LogP contribution is -2.49. The average molecular weight is 321 g/mol. The van der Waals surface area contributed by atoms with Crippen molar-refractivity contribution in [3.63, 3.8) is 0 Å². The lowest BCUT2D eigenvalue weighted by Gasteiger charge is -2.37. The Kier molecular flexibility index (Phi) is 6.40. The minimum atomic E-state index is -0.457. The van der Waals surface area contributed by atoms with Crippen LogP contribution >= 0.6 is 0 Å². The molecule has 0 saturated carbocycles. The van der Waals surface area contributed by atoms with E-state index in [4.69, 9.17) is 9.47 Å². The van der Waals surface area contributed by atoms with Crippen molar-refractivity contribution in [3.05, 3.63) is 35.9 Å². The van der Waals surface area contributed by atoms with Crippen molar-refractivity contribution in [3.8, 4) is 0 Å². The zero-order chi connectivity index (χ0) is 16.7. The fourth-order valence-electron chi connectivity index (χ4n) is 2.86. The highest BCUT2D eigenvalue weighted by Gasteiger charge is 2.35. The molecule has 0 spiro atoms. The molecule has 23 heavy (non-hydrogen) atoms. The first-order valence-corrected chi connectivity index (χ1v) is 7.81. The van der Waals surface area contributed by atoms with Gasteiger partial charge in [-0.2, -0.15) is 0 Å². The lowest BCUT2D eigenvalue weighted by atomic mass is 9.91. The van der Waals surface area contributed by atoms with Crippen LogP contribution in [-0.2, 0) is 20.9 Å². The number of esters is 1. The molecule has 0 bridgehead atoms. The van der Waals surface area contributed by atoms with E-state index < -0.39 is 6.09 Å². The van der Waals surface area contributed by atoms with Gasteiger partial charge >= 0.3 is 12.1 Å². The second kappa shape index (κ2) is 8.53. The number of rotatable bonds is 5. The van der Waals surface area contributed by atoms with E-state index in [9.17, 15) is 14.7 Å². The highest BCUT2D eigenvalue weighted by Crippen LogP contribution is 2.25. The van der Waals surface area contributed by atoms with E-state index in [1.807, 2.05) is 30.3 Å². The van der Waals surface area contributed by atoms with Crippen molar-refractivity contribution >= 4 is 12.1 Å². The Hall–Kier alpha value is -2.08. The number of ether oxygens (including phenoxy) is 2. The largest absolute Gasteiger partial charge is 0.469 e. The van der Waals surface area contributed by atoms with Crippen LogP contribution in [0.25, 0.3) is 0 Å². The van der Waals surface area contributed by atoms with E-state index in [1.54, 1.807) is 4.90 Å². The van der Waals surface area contributed by atoms with Crippen LogP contribution < -0.4 is 0 Å². The zero-order valence-corrected chi connectivity index (χ0v) is 13.3. The Labute approximate surface area is 136 Å². The standard InChI is InChI=1S/C17H23NO5/c1-22-16(20)14-7-8-15(9-10-19)18(11-14)17(21)23-12-13-5-3-2-4-6-13/h2-6,14-15,19H,7-12H2,1H3/t14-,15+/m1/s1. The van der Waals surface area contributed by atoms with Gasteiger partial charge in [0.15, 0.2) is 0 Å². The average Bonchev–Trinajstić information content (AvgIpc) is 2.60. The Morgan fingerprint density at radius 2 is 2.00 bits per heavy atom. The number of likely N-dealkylation sites (tertiary alicyclic amines) is 1. The summed E-state index contributed by atoms with van der Waals surface area (Å²) >= 11 is 0. The van der Waals surface area contributed by atoms with Gasteiger partial charge < -0.3 is 19.5 Å².